The summed E-state index contributed by atoms with van der Waals surface area (Å²) in [6.45, 7) is 2.08. The molecule has 190 valence electrons. The third kappa shape index (κ3) is 4.73. The molecule has 1 aromatic carbocycles. The van der Waals surface area contributed by atoms with Gasteiger partial charge in [-0.15, -0.1) is 11.3 Å². The van der Waals surface area contributed by atoms with Gasteiger partial charge < -0.3 is 20.1 Å². The second kappa shape index (κ2) is 9.66. The molecule has 1 amide bonds. The molecule has 37 heavy (non-hydrogen) atoms. The van der Waals surface area contributed by atoms with E-state index >= 15 is 0 Å². The van der Waals surface area contributed by atoms with Gasteiger partial charge in [-0.05, 0) is 30.5 Å². The molecule has 2 aliphatic heterocycles. The molecule has 2 aliphatic rings. The van der Waals surface area contributed by atoms with Crippen LogP contribution in [0.5, 0.6) is 0 Å². The number of likely N-dealkylation sites (N-methyl/N-ethyl adjacent to an activating group) is 1. The maximum Gasteiger partial charge on any atom is 0.258 e. The van der Waals surface area contributed by atoms with Crippen LogP contribution < -0.4 is 5.32 Å². The maximum atomic E-state index is 12.5. The normalized spacial score (nSPS) is 21.6. The minimum atomic E-state index is -1.49. The second-order valence-electron chi connectivity index (χ2n) is 9.43. The van der Waals surface area contributed by atoms with E-state index in [9.17, 15) is 9.90 Å². The Hall–Kier alpha value is -3.67. The van der Waals surface area contributed by atoms with Gasteiger partial charge >= 0.3 is 0 Å². The molecular formula is C26H27N7O3S. The van der Waals surface area contributed by atoms with Crippen LogP contribution >= 0.6 is 11.3 Å². The van der Waals surface area contributed by atoms with E-state index < -0.39 is 5.60 Å². The van der Waals surface area contributed by atoms with Crippen LogP contribution in [0.1, 0.15) is 24.8 Å². The highest BCUT2D eigenvalue weighted by molar-refractivity contribution is 7.13. The summed E-state index contributed by atoms with van der Waals surface area (Å²) >= 11 is 1.48. The zero-order chi connectivity index (χ0) is 25.4. The van der Waals surface area contributed by atoms with Crippen LogP contribution in [-0.2, 0) is 21.7 Å². The topological polar surface area (TPSA) is 118 Å². The van der Waals surface area contributed by atoms with Gasteiger partial charge in [-0.3, -0.25) is 9.48 Å². The maximum absolute atomic E-state index is 12.5. The van der Waals surface area contributed by atoms with E-state index in [-0.39, 0.29) is 12.0 Å². The molecule has 0 aliphatic carbocycles. The minimum Gasteiger partial charge on any atom is -0.376 e. The number of aliphatic hydroxyl groups is 1. The number of aromatic nitrogens is 5. The first-order valence-electron chi connectivity index (χ1n) is 12.3. The van der Waals surface area contributed by atoms with E-state index in [1.54, 1.807) is 30.4 Å². The number of thiazole rings is 1. The largest absolute Gasteiger partial charge is 0.376 e. The second-order valence-corrected chi connectivity index (χ2v) is 10.3. The Morgan fingerprint density at radius 2 is 2.19 bits per heavy atom. The van der Waals surface area contributed by atoms with Gasteiger partial charge in [-0.2, -0.15) is 5.10 Å². The number of nitrogens with one attached hydrogen (secondary N) is 1. The summed E-state index contributed by atoms with van der Waals surface area (Å²) in [5, 5.41) is 21.4. The Balaban J connectivity index is 1.18. The Bertz CT molecular complexity index is 1430. The highest BCUT2D eigenvalue weighted by Crippen LogP contribution is 2.36. The van der Waals surface area contributed by atoms with Crippen LogP contribution in [0.4, 0.5) is 11.6 Å². The van der Waals surface area contributed by atoms with Gasteiger partial charge in [0.25, 0.3) is 5.91 Å². The number of ether oxygens (including phenoxy) is 1. The quantitative estimate of drug-likeness (QED) is 0.383. The van der Waals surface area contributed by atoms with Crippen molar-refractivity contribution in [3.63, 3.8) is 0 Å². The molecule has 11 heteroatoms. The standard InChI is InChI=1S/C26H27N7O3S/c1-32-10-8-26(35,24(32)34)18-5-2-4-17(12-18)23-30-22(16-37-23)21-7-9-27-25(31-21)29-19-13-28-33(14-19)15-20-6-3-11-36-20/h2,4-5,7,9,12-14,16,20,35H,3,6,8,10-11,15H2,1H3,(H,27,29,31). The van der Waals surface area contributed by atoms with E-state index in [0.29, 0.717) is 30.2 Å². The van der Waals surface area contributed by atoms with Crippen LogP contribution in [0.25, 0.3) is 22.0 Å². The van der Waals surface area contributed by atoms with E-state index in [1.807, 2.05) is 40.5 Å². The average molecular weight is 518 g/mol. The lowest BCUT2D eigenvalue weighted by molar-refractivity contribution is -0.143. The molecule has 3 aromatic heterocycles. The lowest BCUT2D eigenvalue weighted by Gasteiger charge is -2.21. The van der Waals surface area contributed by atoms with Crippen molar-refractivity contribution in [2.24, 2.45) is 0 Å². The molecule has 0 bridgehead atoms. The Kier molecular flexibility index (Phi) is 6.19. The SMILES string of the molecule is CN1CCC(O)(c2cccc(-c3nc(-c4ccnc(Nc5cnn(CC6CCCO6)c5)n4)cs3)c2)C1=O. The molecule has 2 unspecified atom stereocenters. The first-order valence-corrected chi connectivity index (χ1v) is 13.1. The van der Waals surface area contributed by atoms with Crippen LogP contribution in [-0.4, -0.2) is 66.9 Å². The minimum absolute atomic E-state index is 0.217. The monoisotopic (exact) mass is 517 g/mol. The number of hydrogen-bond donors (Lipinski definition) is 2. The Morgan fingerprint density at radius 3 is 3.00 bits per heavy atom. The number of amides is 1. The summed E-state index contributed by atoms with van der Waals surface area (Å²) in [6.07, 6.45) is 8.12. The van der Waals surface area contributed by atoms with Crippen molar-refractivity contribution in [3.05, 3.63) is 59.9 Å². The van der Waals surface area contributed by atoms with Gasteiger partial charge in [0.2, 0.25) is 5.95 Å². The average Bonchev–Trinajstić information content (AvgIpc) is 3.72. The molecular weight excluding hydrogens is 490 g/mol. The fourth-order valence-electron chi connectivity index (χ4n) is 4.77. The summed E-state index contributed by atoms with van der Waals surface area (Å²) in [5.74, 6) is 0.180. The van der Waals surface area contributed by atoms with Crippen LogP contribution in [0, 0.1) is 0 Å². The van der Waals surface area contributed by atoms with Crippen LogP contribution in [0.3, 0.4) is 0 Å². The van der Waals surface area contributed by atoms with Gasteiger partial charge in [0.05, 0.1) is 30.2 Å². The highest BCUT2D eigenvalue weighted by atomic mass is 32.1. The molecule has 0 radical (unpaired) electrons. The number of carbonyl (C=O) groups excluding carboxylic acids is 1. The third-order valence-electron chi connectivity index (χ3n) is 6.82. The van der Waals surface area contributed by atoms with E-state index in [0.717, 1.165) is 47.9 Å². The van der Waals surface area contributed by atoms with Gasteiger partial charge in [-0.1, -0.05) is 18.2 Å². The highest BCUT2D eigenvalue weighted by Gasteiger charge is 2.45. The van der Waals surface area contributed by atoms with Crippen molar-refractivity contribution in [3.8, 4) is 22.0 Å². The number of carbonyl (C=O) groups is 1. The number of rotatable bonds is 7. The zero-order valence-electron chi connectivity index (χ0n) is 20.4. The number of nitrogens with zero attached hydrogens (tertiary/aromatic N) is 6. The van der Waals surface area contributed by atoms with E-state index in [4.69, 9.17) is 9.72 Å². The summed E-state index contributed by atoms with van der Waals surface area (Å²) < 4.78 is 7.56. The van der Waals surface area contributed by atoms with Crippen LogP contribution in [0.2, 0.25) is 0 Å². The zero-order valence-corrected chi connectivity index (χ0v) is 21.2. The first kappa shape index (κ1) is 23.7. The Labute approximate surface area is 218 Å². The molecule has 2 saturated heterocycles. The molecule has 2 fully saturated rings. The lowest BCUT2D eigenvalue weighted by Crippen LogP contribution is -2.36. The van der Waals surface area contributed by atoms with Crippen molar-refractivity contribution in [2.75, 3.05) is 25.5 Å². The van der Waals surface area contributed by atoms with E-state index in [1.165, 1.54) is 11.3 Å². The summed E-state index contributed by atoms with van der Waals surface area (Å²) in [5.41, 5.74) is 2.15. The summed E-state index contributed by atoms with van der Waals surface area (Å²) in [4.78, 5) is 27.9. The summed E-state index contributed by atoms with van der Waals surface area (Å²) in [7, 11) is 1.71. The predicted molar refractivity (Wildman–Crippen MR) is 139 cm³/mol. The van der Waals surface area contributed by atoms with Gasteiger partial charge in [-0.25, -0.2) is 15.0 Å². The molecule has 5 heterocycles. The van der Waals surface area contributed by atoms with Crippen molar-refractivity contribution >= 4 is 28.9 Å². The molecule has 2 N–H and O–H groups in total. The number of hydrogen-bond acceptors (Lipinski definition) is 9. The van der Waals surface area contributed by atoms with Gasteiger partial charge in [0, 0.05) is 50.0 Å². The van der Waals surface area contributed by atoms with E-state index in [2.05, 4.69) is 20.4 Å². The summed E-state index contributed by atoms with van der Waals surface area (Å²) in [6, 6.07) is 9.24. The first-order chi connectivity index (χ1) is 18.0. The number of benzene rings is 1. The van der Waals surface area contributed by atoms with Crippen molar-refractivity contribution in [1.29, 1.82) is 0 Å². The molecule has 6 rings (SSSR count). The van der Waals surface area contributed by atoms with Crippen LogP contribution in [0.15, 0.2) is 54.3 Å². The van der Waals surface area contributed by atoms with Crippen molar-refractivity contribution in [2.45, 2.75) is 37.5 Å². The molecule has 2 atom stereocenters. The molecule has 10 nitrogen and oxygen atoms in total. The fourth-order valence-corrected chi connectivity index (χ4v) is 5.58. The lowest BCUT2D eigenvalue weighted by atomic mass is 9.91. The fraction of sp³-hybridized carbons (Fsp3) is 0.346. The third-order valence-corrected chi connectivity index (χ3v) is 7.71. The van der Waals surface area contributed by atoms with Crippen molar-refractivity contribution < 1.29 is 14.6 Å². The van der Waals surface area contributed by atoms with Gasteiger partial charge in [0.1, 0.15) is 10.7 Å². The van der Waals surface area contributed by atoms with Crippen molar-refractivity contribution in [1.82, 2.24) is 29.6 Å². The van der Waals surface area contributed by atoms with Gasteiger partial charge in [0.15, 0.2) is 5.60 Å². The number of likely N-dealkylation sites (tertiary alicyclic amines) is 1. The molecule has 4 aromatic rings. The molecule has 0 spiro atoms. The predicted octanol–water partition coefficient (Wildman–Crippen LogP) is 3.44. The Morgan fingerprint density at radius 1 is 1.27 bits per heavy atom. The smallest absolute Gasteiger partial charge is 0.258 e. The molecule has 0 saturated carbocycles. The number of anilines is 2.